The Morgan fingerprint density at radius 3 is 1.79 bits per heavy atom. The molecule has 0 radical (unpaired) electrons. The van der Waals surface area contributed by atoms with Crippen LogP contribution < -0.4 is 10.4 Å². The standard InChI is InChI=1S/C31H21N.C19H18N2.C3H6/c1-32-25-16-13-21(14-17-25)22-7-6-8-23(19-22)24-15-18-30-28-11-3-2-9-26(28)27-10-4-5-12-29(27)31(30)20-24;1-3-9-16(10-4-1)15-20-21-18-12-6-5-11-17(18)19(21)13-7-2-8-14-19;1-3-2/h2-20H,1H2;1-13,20H,14-15H2;3H,1H2,2H3. The Labute approximate surface area is 330 Å². The first-order chi connectivity index (χ1) is 27.6. The van der Waals surface area contributed by atoms with Gasteiger partial charge in [-0.15, -0.1) is 6.58 Å². The van der Waals surface area contributed by atoms with Crippen LogP contribution in [-0.2, 0) is 12.1 Å². The molecule has 0 fully saturated rings. The van der Waals surface area contributed by atoms with Crippen molar-refractivity contribution in [2.24, 2.45) is 4.99 Å². The fourth-order valence-electron chi connectivity index (χ4n) is 8.01. The van der Waals surface area contributed by atoms with Gasteiger partial charge in [0, 0.05) is 12.1 Å². The van der Waals surface area contributed by atoms with Crippen molar-refractivity contribution in [3.8, 4) is 22.3 Å². The third kappa shape index (κ3) is 6.97. The van der Waals surface area contributed by atoms with Crippen molar-refractivity contribution in [3.63, 3.8) is 0 Å². The van der Waals surface area contributed by atoms with E-state index < -0.39 is 0 Å². The summed E-state index contributed by atoms with van der Waals surface area (Å²) in [7, 11) is 0. The van der Waals surface area contributed by atoms with Crippen LogP contribution in [0.1, 0.15) is 24.5 Å². The summed E-state index contributed by atoms with van der Waals surface area (Å²) in [6, 6.07) is 60.4. The number of fused-ring (bicyclic) bond motifs is 8. The van der Waals surface area contributed by atoms with Gasteiger partial charge in [-0.2, -0.15) is 0 Å². The Kier molecular flexibility index (Phi) is 10.5. The Morgan fingerprint density at radius 2 is 1.14 bits per heavy atom. The van der Waals surface area contributed by atoms with Gasteiger partial charge in [-0.25, -0.2) is 5.43 Å². The van der Waals surface area contributed by atoms with Crippen LogP contribution in [0.2, 0.25) is 0 Å². The molecule has 0 bridgehead atoms. The van der Waals surface area contributed by atoms with Gasteiger partial charge in [-0.05, 0) is 111 Å². The lowest BCUT2D eigenvalue weighted by Gasteiger charge is -2.54. The summed E-state index contributed by atoms with van der Waals surface area (Å²) in [6.45, 7) is 9.69. The van der Waals surface area contributed by atoms with E-state index in [0.717, 1.165) is 18.7 Å². The van der Waals surface area contributed by atoms with Crippen LogP contribution in [-0.4, -0.2) is 6.72 Å². The summed E-state index contributed by atoms with van der Waals surface area (Å²) in [5.41, 5.74) is 13.3. The maximum absolute atomic E-state index is 4.00. The lowest BCUT2D eigenvalue weighted by molar-refractivity contribution is 0.384. The van der Waals surface area contributed by atoms with Crippen molar-refractivity contribution in [1.29, 1.82) is 0 Å². The third-order valence-corrected chi connectivity index (χ3v) is 10.7. The molecule has 1 N–H and O–H groups in total. The van der Waals surface area contributed by atoms with E-state index >= 15 is 0 Å². The normalized spacial score (nSPS) is 15.0. The molecule has 1 unspecified atom stereocenters. The SMILES string of the molecule is C1=CCC2(C=C1)c1ccccc1N2NCc1ccccc1.C=CC.C=Nc1ccc(-c2cccc(-c3ccc4c5ccccc5c5ccccc5c4c3)c2)cc1. The molecule has 56 heavy (non-hydrogen) atoms. The summed E-state index contributed by atoms with van der Waals surface area (Å²) in [6.07, 6.45) is 11.6. The number of hydrogen-bond acceptors (Lipinski definition) is 3. The molecule has 1 aliphatic carbocycles. The van der Waals surface area contributed by atoms with E-state index in [9.17, 15) is 0 Å². The van der Waals surface area contributed by atoms with Crippen molar-refractivity contribution >= 4 is 50.4 Å². The molecular weight excluding hydrogens is 679 g/mol. The molecule has 272 valence electrons. The monoisotopic (exact) mass is 723 g/mol. The van der Waals surface area contributed by atoms with Crippen LogP contribution >= 0.6 is 0 Å². The molecule has 0 saturated carbocycles. The third-order valence-electron chi connectivity index (χ3n) is 10.7. The van der Waals surface area contributed by atoms with Gasteiger partial charge < -0.3 is 0 Å². The molecule has 1 heterocycles. The van der Waals surface area contributed by atoms with Gasteiger partial charge in [0.05, 0.1) is 11.4 Å². The maximum atomic E-state index is 4.00. The van der Waals surface area contributed by atoms with Crippen molar-refractivity contribution in [3.05, 3.63) is 218 Å². The highest BCUT2D eigenvalue weighted by molar-refractivity contribution is 6.25. The highest BCUT2D eigenvalue weighted by atomic mass is 15.6. The summed E-state index contributed by atoms with van der Waals surface area (Å²) < 4.78 is 0. The number of benzene rings is 8. The zero-order valence-electron chi connectivity index (χ0n) is 31.8. The van der Waals surface area contributed by atoms with Crippen LogP contribution in [0.4, 0.5) is 11.4 Å². The van der Waals surface area contributed by atoms with Crippen LogP contribution in [0.5, 0.6) is 0 Å². The first-order valence-corrected chi connectivity index (χ1v) is 19.2. The van der Waals surface area contributed by atoms with Crippen LogP contribution in [0.15, 0.2) is 212 Å². The summed E-state index contributed by atoms with van der Waals surface area (Å²) in [5, 5.41) is 10.1. The van der Waals surface area contributed by atoms with E-state index in [0.29, 0.717) is 0 Å². The molecule has 2 aliphatic rings. The van der Waals surface area contributed by atoms with Crippen molar-refractivity contribution < 1.29 is 0 Å². The summed E-state index contributed by atoms with van der Waals surface area (Å²) >= 11 is 0. The van der Waals surface area contributed by atoms with Gasteiger partial charge in [0.25, 0.3) is 0 Å². The number of hydrogen-bond donors (Lipinski definition) is 1. The van der Waals surface area contributed by atoms with E-state index in [1.54, 1.807) is 6.08 Å². The molecule has 1 spiro atoms. The second-order valence-electron chi connectivity index (χ2n) is 14.1. The fraction of sp³-hybridized carbons (Fsp3) is 0.0755. The molecule has 3 nitrogen and oxygen atoms in total. The Balaban J connectivity index is 0.000000159. The van der Waals surface area contributed by atoms with Crippen molar-refractivity contribution in [2.45, 2.75) is 25.4 Å². The topological polar surface area (TPSA) is 27.6 Å². The van der Waals surface area contributed by atoms with Crippen LogP contribution in [0, 0.1) is 0 Å². The van der Waals surface area contributed by atoms with Gasteiger partial charge in [-0.3, -0.25) is 10.0 Å². The minimum Gasteiger partial charge on any atom is -0.293 e. The molecule has 8 aromatic rings. The van der Waals surface area contributed by atoms with Crippen LogP contribution in [0.25, 0.3) is 54.6 Å². The predicted molar refractivity (Wildman–Crippen MR) is 242 cm³/mol. The smallest absolute Gasteiger partial charge is 0.105 e. The van der Waals surface area contributed by atoms with Gasteiger partial charge in [0.15, 0.2) is 0 Å². The molecule has 1 atom stereocenters. The largest absolute Gasteiger partial charge is 0.293 e. The number of nitrogens with zero attached hydrogens (tertiary/aromatic N) is 2. The van der Waals surface area contributed by atoms with E-state index in [1.165, 1.54) is 71.4 Å². The number of para-hydroxylation sites is 1. The molecule has 0 aromatic heterocycles. The number of allylic oxidation sites excluding steroid dienone is 3. The second kappa shape index (κ2) is 16.3. The Bertz CT molecular complexity index is 2690. The quantitative estimate of drug-likeness (QED) is 0.105. The number of rotatable bonds is 6. The van der Waals surface area contributed by atoms with Crippen molar-refractivity contribution in [2.75, 3.05) is 5.01 Å². The van der Waals surface area contributed by atoms with Gasteiger partial charge in [0.2, 0.25) is 0 Å². The maximum Gasteiger partial charge on any atom is 0.105 e. The number of aliphatic imine (C=N–C) groups is 1. The predicted octanol–water partition coefficient (Wildman–Crippen LogP) is 13.9. The Morgan fingerprint density at radius 1 is 0.589 bits per heavy atom. The average Bonchev–Trinajstić information content (AvgIpc) is 3.27. The minimum absolute atomic E-state index is 0.0138. The first-order valence-electron chi connectivity index (χ1n) is 19.2. The van der Waals surface area contributed by atoms with Gasteiger partial charge in [-0.1, -0.05) is 170 Å². The fourth-order valence-corrected chi connectivity index (χ4v) is 8.01. The van der Waals surface area contributed by atoms with Crippen LogP contribution in [0.3, 0.4) is 0 Å². The Hall–Kier alpha value is -6.81. The highest BCUT2D eigenvalue weighted by Gasteiger charge is 2.47. The zero-order valence-corrected chi connectivity index (χ0v) is 31.8. The molecule has 8 aromatic carbocycles. The molecule has 3 heteroatoms. The molecule has 0 saturated heterocycles. The van der Waals surface area contributed by atoms with E-state index in [4.69, 9.17) is 0 Å². The number of nitrogens with one attached hydrogen (secondary N) is 1. The summed E-state index contributed by atoms with van der Waals surface area (Å²) in [4.78, 5) is 4.00. The van der Waals surface area contributed by atoms with E-state index in [-0.39, 0.29) is 5.54 Å². The number of hydrazine groups is 1. The molecule has 10 rings (SSSR count). The molecular formula is C53H45N3. The lowest BCUT2D eigenvalue weighted by atomic mass is 9.75. The highest BCUT2D eigenvalue weighted by Crippen LogP contribution is 2.51. The van der Waals surface area contributed by atoms with Gasteiger partial charge in [0.1, 0.15) is 5.54 Å². The minimum atomic E-state index is -0.0138. The van der Waals surface area contributed by atoms with E-state index in [2.05, 4.69) is 211 Å². The molecule has 0 amide bonds. The zero-order chi connectivity index (χ0) is 38.3. The first kappa shape index (κ1) is 36.2. The van der Waals surface area contributed by atoms with Crippen molar-refractivity contribution in [1.82, 2.24) is 5.43 Å². The summed E-state index contributed by atoms with van der Waals surface area (Å²) in [5.74, 6) is 0. The number of anilines is 1. The van der Waals surface area contributed by atoms with E-state index in [1.807, 2.05) is 19.1 Å². The van der Waals surface area contributed by atoms with Gasteiger partial charge >= 0.3 is 0 Å². The second-order valence-corrected chi connectivity index (χ2v) is 14.1. The average molecular weight is 724 g/mol. The molecule has 1 aliphatic heterocycles. The lowest BCUT2D eigenvalue weighted by Crippen LogP contribution is -2.60.